The van der Waals surface area contributed by atoms with Crippen LogP contribution in [0.2, 0.25) is 0 Å². The third-order valence-corrected chi connectivity index (χ3v) is 3.96. The van der Waals surface area contributed by atoms with Crippen LogP contribution < -0.4 is 10.9 Å². The minimum Gasteiger partial charge on any atom is -0.472 e. The molecule has 0 aliphatic carbocycles. The van der Waals surface area contributed by atoms with Crippen molar-refractivity contribution in [3.63, 3.8) is 0 Å². The van der Waals surface area contributed by atoms with Gasteiger partial charge in [0.25, 0.3) is 5.56 Å². The average Bonchev–Trinajstić information content (AvgIpc) is 3.16. The summed E-state index contributed by atoms with van der Waals surface area (Å²) in [7, 11) is 0. The number of carbonyl (C=O) groups excluding carboxylic acids is 1. The number of nitrogens with zero attached hydrogens (tertiary/aromatic N) is 3. The van der Waals surface area contributed by atoms with Crippen molar-refractivity contribution in [2.75, 3.05) is 0 Å². The molecule has 0 aliphatic rings. The van der Waals surface area contributed by atoms with Gasteiger partial charge in [-0.3, -0.25) is 19.1 Å². The molecule has 3 aromatic heterocycles. The molecule has 0 fully saturated rings. The van der Waals surface area contributed by atoms with Gasteiger partial charge < -0.3 is 9.73 Å². The SMILES string of the molecule is Cc1ncn(CC(=O)NCc2ccc(-c3ccoc3)nc2)c(=O)c1C. The Balaban J connectivity index is 1.59. The number of nitrogens with one attached hydrogen (secondary N) is 1. The van der Waals surface area contributed by atoms with E-state index in [1.165, 1.54) is 10.9 Å². The monoisotopic (exact) mass is 338 g/mol. The summed E-state index contributed by atoms with van der Waals surface area (Å²) in [5.41, 5.74) is 3.59. The van der Waals surface area contributed by atoms with Crippen molar-refractivity contribution in [3.05, 3.63) is 70.4 Å². The molecule has 7 heteroatoms. The van der Waals surface area contributed by atoms with Crippen molar-refractivity contribution in [2.45, 2.75) is 26.9 Å². The number of furan rings is 1. The molecule has 0 aromatic carbocycles. The van der Waals surface area contributed by atoms with Crippen LogP contribution in [0, 0.1) is 13.8 Å². The molecule has 1 N–H and O–H groups in total. The second-order valence-electron chi connectivity index (χ2n) is 5.73. The van der Waals surface area contributed by atoms with Gasteiger partial charge in [0, 0.05) is 29.6 Å². The van der Waals surface area contributed by atoms with Crippen molar-refractivity contribution in [3.8, 4) is 11.3 Å². The standard InChI is InChI=1S/C18H18N4O3/c1-12-13(2)21-11-22(18(12)24)9-17(23)20-8-14-3-4-16(19-7-14)15-5-6-25-10-15/h3-7,10-11H,8-9H2,1-2H3,(H,20,23). The van der Waals surface area contributed by atoms with Gasteiger partial charge in [0.1, 0.15) is 6.54 Å². The van der Waals surface area contributed by atoms with Crippen LogP contribution >= 0.6 is 0 Å². The fourth-order valence-corrected chi connectivity index (χ4v) is 2.31. The summed E-state index contributed by atoms with van der Waals surface area (Å²) in [5.74, 6) is -0.258. The molecule has 0 atom stereocenters. The molecule has 0 radical (unpaired) electrons. The second-order valence-corrected chi connectivity index (χ2v) is 5.73. The van der Waals surface area contributed by atoms with Gasteiger partial charge in [-0.15, -0.1) is 0 Å². The zero-order valence-electron chi connectivity index (χ0n) is 14.0. The first-order valence-electron chi connectivity index (χ1n) is 7.81. The highest BCUT2D eigenvalue weighted by Crippen LogP contribution is 2.16. The zero-order valence-corrected chi connectivity index (χ0v) is 14.0. The highest BCUT2D eigenvalue weighted by molar-refractivity contribution is 5.75. The summed E-state index contributed by atoms with van der Waals surface area (Å²) in [6.45, 7) is 3.74. The number of hydrogen-bond acceptors (Lipinski definition) is 5. The molecule has 1 amide bonds. The van der Waals surface area contributed by atoms with E-state index in [1.807, 2.05) is 18.2 Å². The van der Waals surface area contributed by atoms with Gasteiger partial charge in [0.05, 0.1) is 24.5 Å². The van der Waals surface area contributed by atoms with Gasteiger partial charge in [-0.1, -0.05) is 6.07 Å². The van der Waals surface area contributed by atoms with Crippen molar-refractivity contribution in [1.82, 2.24) is 19.9 Å². The minimum atomic E-state index is -0.258. The Hall–Kier alpha value is -3.22. The molecule has 0 aliphatic heterocycles. The van der Waals surface area contributed by atoms with Gasteiger partial charge in [-0.2, -0.15) is 0 Å². The van der Waals surface area contributed by atoms with Gasteiger partial charge in [-0.25, -0.2) is 4.98 Å². The molecule has 128 valence electrons. The highest BCUT2D eigenvalue weighted by atomic mass is 16.3. The van der Waals surface area contributed by atoms with E-state index >= 15 is 0 Å². The third kappa shape index (κ3) is 3.82. The lowest BCUT2D eigenvalue weighted by atomic mass is 10.2. The molecule has 25 heavy (non-hydrogen) atoms. The van der Waals surface area contributed by atoms with E-state index in [0.29, 0.717) is 17.8 Å². The Morgan fingerprint density at radius 2 is 2.08 bits per heavy atom. The maximum Gasteiger partial charge on any atom is 0.256 e. The Kier molecular flexibility index (Phi) is 4.74. The van der Waals surface area contributed by atoms with Crippen LogP contribution in [0.4, 0.5) is 0 Å². The van der Waals surface area contributed by atoms with E-state index in [1.54, 1.807) is 32.6 Å². The Labute approximate surface area is 144 Å². The summed E-state index contributed by atoms with van der Waals surface area (Å²) in [4.78, 5) is 32.6. The van der Waals surface area contributed by atoms with Crippen molar-refractivity contribution in [2.24, 2.45) is 0 Å². The van der Waals surface area contributed by atoms with Gasteiger partial charge in [-0.05, 0) is 31.5 Å². The van der Waals surface area contributed by atoms with E-state index in [9.17, 15) is 9.59 Å². The molecule has 3 rings (SSSR count). The summed E-state index contributed by atoms with van der Waals surface area (Å²) in [6, 6.07) is 5.59. The number of aromatic nitrogens is 3. The fraction of sp³-hybridized carbons (Fsp3) is 0.222. The molecule has 0 spiro atoms. The first kappa shape index (κ1) is 16.6. The molecular weight excluding hydrogens is 320 g/mol. The van der Waals surface area contributed by atoms with Crippen LogP contribution in [0.1, 0.15) is 16.8 Å². The van der Waals surface area contributed by atoms with Crippen LogP contribution in [-0.2, 0) is 17.9 Å². The van der Waals surface area contributed by atoms with Crippen LogP contribution in [0.3, 0.4) is 0 Å². The van der Waals surface area contributed by atoms with Crippen LogP contribution in [0.15, 0.2) is 52.5 Å². The van der Waals surface area contributed by atoms with E-state index in [-0.39, 0.29) is 18.0 Å². The molecule has 3 heterocycles. The highest BCUT2D eigenvalue weighted by Gasteiger charge is 2.08. The van der Waals surface area contributed by atoms with Gasteiger partial charge >= 0.3 is 0 Å². The topological polar surface area (TPSA) is 90.0 Å². The van der Waals surface area contributed by atoms with Gasteiger partial charge in [0.15, 0.2) is 0 Å². The summed E-state index contributed by atoms with van der Waals surface area (Å²) < 4.78 is 6.33. The van der Waals surface area contributed by atoms with Crippen molar-refractivity contribution in [1.29, 1.82) is 0 Å². The maximum atomic E-state index is 12.1. The van der Waals surface area contributed by atoms with E-state index in [0.717, 1.165) is 16.8 Å². The molecular formula is C18H18N4O3. The lowest BCUT2D eigenvalue weighted by Crippen LogP contribution is -2.33. The van der Waals surface area contributed by atoms with E-state index in [4.69, 9.17) is 4.42 Å². The quantitative estimate of drug-likeness (QED) is 0.766. The van der Waals surface area contributed by atoms with Crippen molar-refractivity contribution < 1.29 is 9.21 Å². The zero-order chi connectivity index (χ0) is 17.8. The minimum absolute atomic E-state index is 0.0620. The molecule has 0 bridgehead atoms. The molecule has 0 saturated heterocycles. The normalized spacial score (nSPS) is 10.6. The summed E-state index contributed by atoms with van der Waals surface area (Å²) >= 11 is 0. The Bertz CT molecular complexity index is 928. The number of aryl methyl sites for hydroxylation is 1. The summed E-state index contributed by atoms with van der Waals surface area (Å²) in [6.07, 6.45) is 6.31. The van der Waals surface area contributed by atoms with E-state index < -0.39 is 0 Å². The Morgan fingerprint density at radius 3 is 2.76 bits per heavy atom. The predicted octanol–water partition coefficient (Wildman–Crippen LogP) is 1.83. The van der Waals surface area contributed by atoms with Gasteiger partial charge in [0.2, 0.25) is 5.91 Å². The number of amides is 1. The first-order chi connectivity index (χ1) is 12.0. The number of rotatable bonds is 5. The third-order valence-electron chi connectivity index (χ3n) is 3.96. The number of hydrogen-bond donors (Lipinski definition) is 1. The molecule has 3 aromatic rings. The van der Waals surface area contributed by atoms with Crippen LogP contribution in [0.25, 0.3) is 11.3 Å². The largest absolute Gasteiger partial charge is 0.472 e. The smallest absolute Gasteiger partial charge is 0.256 e. The fourth-order valence-electron chi connectivity index (χ4n) is 2.31. The van der Waals surface area contributed by atoms with Crippen molar-refractivity contribution >= 4 is 5.91 Å². The Morgan fingerprint density at radius 1 is 1.24 bits per heavy atom. The first-order valence-corrected chi connectivity index (χ1v) is 7.81. The lowest BCUT2D eigenvalue weighted by molar-refractivity contribution is -0.121. The average molecular weight is 338 g/mol. The molecule has 0 saturated carbocycles. The molecule has 0 unspecified atom stereocenters. The maximum absolute atomic E-state index is 12.1. The van der Waals surface area contributed by atoms with Crippen LogP contribution in [0.5, 0.6) is 0 Å². The number of carbonyl (C=O) groups is 1. The second kappa shape index (κ2) is 7.12. The molecule has 7 nitrogen and oxygen atoms in total. The predicted molar refractivity (Wildman–Crippen MR) is 91.8 cm³/mol. The van der Waals surface area contributed by atoms with Crippen LogP contribution in [-0.4, -0.2) is 20.4 Å². The number of pyridine rings is 1. The lowest BCUT2D eigenvalue weighted by Gasteiger charge is -2.09. The van der Waals surface area contributed by atoms with E-state index in [2.05, 4.69) is 15.3 Å². The summed E-state index contributed by atoms with van der Waals surface area (Å²) in [5, 5.41) is 2.78.